The summed E-state index contributed by atoms with van der Waals surface area (Å²) in [6, 6.07) is 8.85. The number of para-hydroxylation sites is 2. The van der Waals surface area contributed by atoms with Crippen LogP contribution in [0, 0.1) is 20.2 Å². The van der Waals surface area contributed by atoms with E-state index in [2.05, 4.69) is 10.1 Å². The van der Waals surface area contributed by atoms with Crippen LogP contribution in [-0.2, 0) is 9.53 Å². The number of carbonyl (C=O) groups excluding carboxylic acids is 2. The van der Waals surface area contributed by atoms with Crippen LogP contribution >= 0.6 is 0 Å². The van der Waals surface area contributed by atoms with Crippen LogP contribution in [-0.4, -0.2) is 35.4 Å². The van der Waals surface area contributed by atoms with Gasteiger partial charge in [0.2, 0.25) is 0 Å². The van der Waals surface area contributed by atoms with Crippen LogP contribution in [0.4, 0.5) is 17.1 Å². The number of nitrogens with zero attached hydrogens (tertiary/aromatic N) is 2. The standard InChI is InChI=1S/C16H13N3O8/c1-26-16(21)10-6-7-14(13(8-10)19(24)25)27-9-15(20)17-11-4-2-3-5-12(11)18(22)23/h2-8H,9H2,1H3,(H,17,20). The zero-order valence-corrected chi connectivity index (χ0v) is 13.9. The van der Waals surface area contributed by atoms with E-state index in [0.29, 0.717) is 0 Å². The lowest BCUT2D eigenvalue weighted by molar-refractivity contribution is -0.385. The van der Waals surface area contributed by atoms with Crippen molar-refractivity contribution in [2.75, 3.05) is 19.0 Å². The van der Waals surface area contributed by atoms with Gasteiger partial charge in [-0.1, -0.05) is 12.1 Å². The number of carbonyl (C=O) groups is 2. The number of ether oxygens (including phenoxy) is 2. The molecule has 0 radical (unpaired) electrons. The molecule has 0 bridgehead atoms. The first-order valence-electron chi connectivity index (χ1n) is 7.36. The Balaban J connectivity index is 2.12. The Kier molecular flexibility index (Phi) is 5.99. The molecule has 0 saturated carbocycles. The largest absolute Gasteiger partial charge is 0.477 e. The summed E-state index contributed by atoms with van der Waals surface area (Å²) in [5.74, 6) is -1.76. The van der Waals surface area contributed by atoms with E-state index in [1.54, 1.807) is 0 Å². The van der Waals surface area contributed by atoms with Crippen molar-refractivity contribution in [1.82, 2.24) is 0 Å². The number of esters is 1. The van der Waals surface area contributed by atoms with Crippen LogP contribution < -0.4 is 10.1 Å². The molecule has 0 unspecified atom stereocenters. The number of rotatable bonds is 7. The summed E-state index contributed by atoms with van der Waals surface area (Å²) in [4.78, 5) is 44.0. The number of amides is 1. The second kappa shape index (κ2) is 8.38. The Bertz CT molecular complexity index is 912. The fourth-order valence-corrected chi connectivity index (χ4v) is 2.10. The van der Waals surface area contributed by atoms with Crippen molar-refractivity contribution in [1.29, 1.82) is 0 Å². The van der Waals surface area contributed by atoms with Gasteiger partial charge in [0.15, 0.2) is 12.4 Å². The van der Waals surface area contributed by atoms with Gasteiger partial charge in [-0.15, -0.1) is 0 Å². The van der Waals surface area contributed by atoms with Crippen LogP contribution in [0.1, 0.15) is 10.4 Å². The normalized spacial score (nSPS) is 9.96. The Labute approximate surface area is 151 Å². The first-order valence-corrected chi connectivity index (χ1v) is 7.36. The highest BCUT2D eigenvalue weighted by atomic mass is 16.6. The van der Waals surface area contributed by atoms with Gasteiger partial charge in [-0.05, 0) is 18.2 Å². The summed E-state index contributed by atoms with van der Waals surface area (Å²) in [5, 5.41) is 24.4. The minimum absolute atomic E-state index is 0.0355. The monoisotopic (exact) mass is 375 g/mol. The number of hydrogen-bond donors (Lipinski definition) is 1. The molecule has 2 rings (SSSR count). The van der Waals surface area contributed by atoms with Crippen molar-refractivity contribution in [3.8, 4) is 5.75 Å². The quantitative estimate of drug-likeness (QED) is 0.440. The molecule has 1 N–H and O–H groups in total. The Hall–Kier alpha value is -4.02. The van der Waals surface area contributed by atoms with E-state index in [9.17, 15) is 29.8 Å². The molecular weight excluding hydrogens is 362 g/mol. The number of nitro groups is 2. The van der Waals surface area contributed by atoms with Crippen LogP contribution in [0.15, 0.2) is 42.5 Å². The third-order valence-corrected chi connectivity index (χ3v) is 3.31. The predicted octanol–water partition coefficient (Wildman–Crippen LogP) is 2.31. The number of anilines is 1. The van der Waals surface area contributed by atoms with E-state index in [1.165, 1.54) is 30.3 Å². The molecule has 1 amide bonds. The molecule has 0 aliphatic carbocycles. The zero-order chi connectivity index (χ0) is 20.0. The van der Waals surface area contributed by atoms with Gasteiger partial charge in [-0.25, -0.2) is 4.79 Å². The fourth-order valence-electron chi connectivity index (χ4n) is 2.10. The maximum absolute atomic E-state index is 12.0. The van der Waals surface area contributed by atoms with Crippen molar-refractivity contribution in [3.63, 3.8) is 0 Å². The van der Waals surface area contributed by atoms with Gasteiger partial charge in [0.1, 0.15) is 5.69 Å². The Morgan fingerprint density at radius 3 is 2.33 bits per heavy atom. The first kappa shape index (κ1) is 19.3. The summed E-state index contributed by atoms with van der Waals surface area (Å²) < 4.78 is 9.61. The molecular formula is C16H13N3O8. The van der Waals surface area contributed by atoms with E-state index in [0.717, 1.165) is 19.2 Å². The SMILES string of the molecule is COC(=O)c1ccc(OCC(=O)Nc2ccccc2[N+](=O)[O-])c([N+](=O)[O-])c1. The lowest BCUT2D eigenvalue weighted by atomic mass is 10.2. The van der Waals surface area contributed by atoms with Crippen LogP contribution in [0.25, 0.3) is 0 Å². The second-order valence-electron chi connectivity index (χ2n) is 5.04. The summed E-state index contributed by atoms with van der Waals surface area (Å²) in [5.41, 5.74) is -0.928. The van der Waals surface area contributed by atoms with Crippen LogP contribution in [0.2, 0.25) is 0 Å². The van der Waals surface area contributed by atoms with E-state index in [-0.39, 0.29) is 22.7 Å². The van der Waals surface area contributed by atoms with Gasteiger partial charge in [-0.3, -0.25) is 25.0 Å². The van der Waals surface area contributed by atoms with Crippen molar-refractivity contribution in [2.24, 2.45) is 0 Å². The molecule has 11 nitrogen and oxygen atoms in total. The highest BCUT2D eigenvalue weighted by Crippen LogP contribution is 2.28. The smallest absolute Gasteiger partial charge is 0.338 e. The maximum Gasteiger partial charge on any atom is 0.338 e. The van der Waals surface area contributed by atoms with Crippen molar-refractivity contribution < 1.29 is 28.9 Å². The third-order valence-electron chi connectivity index (χ3n) is 3.31. The zero-order valence-electron chi connectivity index (χ0n) is 13.9. The van der Waals surface area contributed by atoms with Gasteiger partial charge in [-0.2, -0.15) is 0 Å². The minimum atomic E-state index is -0.776. The number of methoxy groups -OCH3 is 1. The van der Waals surface area contributed by atoms with E-state index < -0.39 is 34.0 Å². The average Bonchev–Trinajstić information content (AvgIpc) is 2.65. The molecule has 0 fully saturated rings. The van der Waals surface area contributed by atoms with Gasteiger partial charge in [0.25, 0.3) is 11.6 Å². The molecule has 2 aromatic rings. The number of hydrogen-bond acceptors (Lipinski definition) is 8. The molecule has 27 heavy (non-hydrogen) atoms. The molecule has 0 atom stereocenters. The van der Waals surface area contributed by atoms with E-state index in [1.807, 2.05) is 0 Å². The predicted molar refractivity (Wildman–Crippen MR) is 91.7 cm³/mol. The lowest BCUT2D eigenvalue weighted by Gasteiger charge is -2.09. The molecule has 0 aromatic heterocycles. The van der Waals surface area contributed by atoms with Gasteiger partial charge >= 0.3 is 11.7 Å². The second-order valence-corrected chi connectivity index (χ2v) is 5.04. The van der Waals surface area contributed by atoms with E-state index >= 15 is 0 Å². The molecule has 0 aliphatic rings. The number of benzene rings is 2. The van der Waals surface area contributed by atoms with Crippen LogP contribution in [0.5, 0.6) is 5.75 Å². The number of nitrogens with one attached hydrogen (secondary N) is 1. The number of nitro benzene ring substituents is 2. The Morgan fingerprint density at radius 1 is 1.04 bits per heavy atom. The van der Waals surface area contributed by atoms with Crippen molar-refractivity contribution in [3.05, 3.63) is 68.3 Å². The Morgan fingerprint density at radius 2 is 1.70 bits per heavy atom. The van der Waals surface area contributed by atoms with Crippen molar-refractivity contribution >= 4 is 28.9 Å². The molecule has 0 heterocycles. The average molecular weight is 375 g/mol. The van der Waals surface area contributed by atoms with E-state index in [4.69, 9.17) is 4.74 Å². The fraction of sp³-hybridized carbons (Fsp3) is 0.125. The molecule has 2 aromatic carbocycles. The van der Waals surface area contributed by atoms with Gasteiger partial charge in [0.05, 0.1) is 22.5 Å². The third kappa shape index (κ3) is 4.75. The molecule has 140 valence electrons. The van der Waals surface area contributed by atoms with Gasteiger partial charge in [0, 0.05) is 12.1 Å². The maximum atomic E-state index is 12.0. The summed E-state index contributed by atoms with van der Waals surface area (Å²) in [6.07, 6.45) is 0. The van der Waals surface area contributed by atoms with Gasteiger partial charge < -0.3 is 14.8 Å². The molecule has 0 spiro atoms. The van der Waals surface area contributed by atoms with Crippen LogP contribution in [0.3, 0.4) is 0 Å². The lowest BCUT2D eigenvalue weighted by Crippen LogP contribution is -2.21. The highest BCUT2D eigenvalue weighted by molar-refractivity contribution is 5.94. The topological polar surface area (TPSA) is 151 Å². The summed E-state index contributed by atoms with van der Waals surface area (Å²) in [6.45, 7) is -0.634. The molecule has 11 heteroatoms. The highest BCUT2D eigenvalue weighted by Gasteiger charge is 2.21. The molecule has 0 aliphatic heterocycles. The summed E-state index contributed by atoms with van der Waals surface area (Å²) >= 11 is 0. The first-order chi connectivity index (χ1) is 12.8. The van der Waals surface area contributed by atoms with Crippen molar-refractivity contribution in [2.45, 2.75) is 0 Å². The molecule has 0 saturated heterocycles. The summed E-state index contributed by atoms with van der Waals surface area (Å²) in [7, 11) is 1.13. The minimum Gasteiger partial charge on any atom is -0.477 e.